The Bertz CT molecular complexity index is 552. The van der Waals surface area contributed by atoms with Gasteiger partial charge in [-0.1, -0.05) is 18.2 Å². The lowest BCUT2D eigenvalue weighted by molar-refractivity contribution is -0.118. The van der Waals surface area contributed by atoms with Crippen molar-refractivity contribution in [1.82, 2.24) is 4.98 Å². The number of nitrogens with zero attached hydrogens (tertiary/aromatic N) is 1. The second kappa shape index (κ2) is 5.84. The van der Waals surface area contributed by atoms with Crippen molar-refractivity contribution < 1.29 is 9.53 Å². The molecule has 0 aliphatic rings. The molecular formula is C14H16N2O2S. The van der Waals surface area contributed by atoms with Gasteiger partial charge in [0.1, 0.15) is 16.7 Å². The molecule has 2 N–H and O–H groups in total. The van der Waals surface area contributed by atoms with Crippen LogP contribution in [0.15, 0.2) is 35.8 Å². The van der Waals surface area contributed by atoms with Gasteiger partial charge >= 0.3 is 0 Å². The first-order valence-electron chi connectivity index (χ1n) is 6.04. The van der Waals surface area contributed by atoms with E-state index in [9.17, 15) is 4.79 Å². The lowest BCUT2D eigenvalue weighted by Gasteiger charge is -2.18. The van der Waals surface area contributed by atoms with Gasteiger partial charge in [0.2, 0.25) is 5.91 Å². The summed E-state index contributed by atoms with van der Waals surface area (Å²) in [4.78, 5) is 16.0. The van der Waals surface area contributed by atoms with Crippen LogP contribution in [0.1, 0.15) is 30.3 Å². The topological polar surface area (TPSA) is 65.2 Å². The number of hydrogen-bond acceptors (Lipinski definition) is 4. The molecule has 0 saturated heterocycles. The first kappa shape index (κ1) is 13.5. The van der Waals surface area contributed by atoms with Crippen molar-refractivity contribution in [3.8, 4) is 5.75 Å². The lowest BCUT2D eigenvalue weighted by Crippen LogP contribution is -2.23. The highest BCUT2D eigenvalue weighted by molar-refractivity contribution is 7.09. The maximum atomic E-state index is 11.8. The number of primary amides is 1. The molecule has 0 spiro atoms. The van der Waals surface area contributed by atoms with Gasteiger partial charge in [0, 0.05) is 17.1 Å². The average Bonchev–Trinajstić information content (AvgIpc) is 2.84. The zero-order chi connectivity index (χ0) is 13.8. The second-order valence-corrected chi connectivity index (χ2v) is 5.34. The molecule has 1 atom stereocenters. The van der Waals surface area contributed by atoms with E-state index in [1.54, 1.807) is 6.20 Å². The molecule has 1 aromatic heterocycles. The van der Waals surface area contributed by atoms with Crippen LogP contribution in [0, 0.1) is 0 Å². The molecule has 0 aliphatic carbocycles. The second-order valence-electron chi connectivity index (χ2n) is 4.41. The highest BCUT2D eigenvalue weighted by Crippen LogP contribution is 2.33. The van der Waals surface area contributed by atoms with Crippen molar-refractivity contribution in [2.24, 2.45) is 5.73 Å². The molecule has 0 aliphatic heterocycles. The number of carbonyl (C=O) groups is 1. The molecule has 0 saturated carbocycles. The number of rotatable bonds is 5. The fraction of sp³-hybridized carbons (Fsp3) is 0.286. The van der Waals surface area contributed by atoms with E-state index < -0.39 is 11.8 Å². The molecule has 19 heavy (non-hydrogen) atoms. The quantitative estimate of drug-likeness (QED) is 0.912. The van der Waals surface area contributed by atoms with E-state index in [1.807, 2.05) is 43.5 Å². The average molecular weight is 276 g/mol. The largest absolute Gasteiger partial charge is 0.491 e. The maximum Gasteiger partial charge on any atom is 0.232 e. The highest BCUT2D eigenvalue weighted by Gasteiger charge is 2.26. The molecule has 0 bridgehead atoms. The summed E-state index contributed by atoms with van der Waals surface area (Å²) in [5.74, 6) is -0.304. The summed E-state index contributed by atoms with van der Waals surface area (Å²) < 4.78 is 5.74. The molecule has 0 radical (unpaired) electrons. The minimum atomic E-state index is -0.560. The Hall–Kier alpha value is -1.88. The molecule has 0 fully saturated rings. The van der Waals surface area contributed by atoms with Crippen molar-refractivity contribution in [2.45, 2.75) is 25.9 Å². The van der Waals surface area contributed by atoms with E-state index in [-0.39, 0.29) is 6.10 Å². The van der Waals surface area contributed by atoms with Gasteiger partial charge in [-0.15, -0.1) is 11.3 Å². The van der Waals surface area contributed by atoms with E-state index in [2.05, 4.69) is 4.98 Å². The minimum Gasteiger partial charge on any atom is -0.491 e. The van der Waals surface area contributed by atoms with Crippen LogP contribution in [0.5, 0.6) is 5.75 Å². The predicted molar refractivity (Wildman–Crippen MR) is 75.4 cm³/mol. The van der Waals surface area contributed by atoms with Crippen LogP contribution in [0.25, 0.3) is 0 Å². The number of ether oxygens (including phenoxy) is 1. The standard InChI is InChI=1S/C14H16N2O2S/c1-9(2)18-11-6-4-3-5-10(11)12(13(15)17)14-16-7-8-19-14/h3-9,12H,1-2H3,(H2,15,17). The van der Waals surface area contributed by atoms with E-state index in [1.165, 1.54) is 11.3 Å². The lowest BCUT2D eigenvalue weighted by atomic mass is 9.98. The van der Waals surface area contributed by atoms with Gasteiger partial charge in [-0.2, -0.15) is 0 Å². The predicted octanol–water partition coefficient (Wildman–Crippen LogP) is 2.55. The monoisotopic (exact) mass is 276 g/mol. The minimum absolute atomic E-state index is 0.0333. The summed E-state index contributed by atoms with van der Waals surface area (Å²) in [7, 11) is 0. The summed E-state index contributed by atoms with van der Waals surface area (Å²) in [5.41, 5.74) is 6.29. The Morgan fingerprint density at radius 2 is 2.11 bits per heavy atom. The molecule has 2 aromatic rings. The highest BCUT2D eigenvalue weighted by atomic mass is 32.1. The molecule has 2 rings (SSSR count). The molecule has 1 amide bonds. The number of nitrogens with two attached hydrogens (primary N) is 1. The fourth-order valence-electron chi connectivity index (χ4n) is 1.87. The third-order valence-electron chi connectivity index (χ3n) is 2.58. The van der Waals surface area contributed by atoms with Crippen molar-refractivity contribution in [1.29, 1.82) is 0 Å². The summed E-state index contributed by atoms with van der Waals surface area (Å²) >= 11 is 1.41. The van der Waals surface area contributed by atoms with Gasteiger partial charge in [-0.25, -0.2) is 4.98 Å². The Morgan fingerprint density at radius 1 is 1.37 bits per heavy atom. The SMILES string of the molecule is CC(C)Oc1ccccc1C(C(N)=O)c1nccs1. The van der Waals surface area contributed by atoms with Crippen LogP contribution >= 0.6 is 11.3 Å². The summed E-state index contributed by atoms with van der Waals surface area (Å²) in [5, 5.41) is 2.52. The molecule has 1 unspecified atom stereocenters. The molecule has 1 aromatic carbocycles. The van der Waals surface area contributed by atoms with Crippen LogP contribution in [0.3, 0.4) is 0 Å². The van der Waals surface area contributed by atoms with Crippen LogP contribution in [-0.4, -0.2) is 17.0 Å². The third kappa shape index (κ3) is 3.12. The van der Waals surface area contributed by atoms with Crippen LogP contribution in [-0.2, 0) is 4.79 Å². The number of thiazole rings is 1. The van der Waals surface area contributed by atoms with Crippen LogP contribution in [0.2, 0.25) is 0 Å². The number of amides is 1. The van der Waals surface area contributed by atoms with E-state index in [4.69, 9.17) is 10.5 Å². The number of hydrogen-bond donors (Lipinski definition) is 1. The Morgan fingerprint density at radius 3 is 2.68 bits per heavy atom. The Kier molecular flexibility index (Phi) is 4.16. The molecule has 5 heteroatoms. The number of benzene rings is 1. The normalized spacial score (nSPS) is 12.4. The summed E-state index contributed by atoms with van der Waals surface area (Å²) in [6.07, 6.45) is 1.70. The van der Waals surface area contributed by atoms with Crippen molar-refractivity contribution in [2.75, 3.05) is 0 Å². The first-order chi connectivity index (χ1) is 9.09. The Balaban J connectivity index is 2.45. The van der Waals surface area contributed by atoms with Crippen molar-refractivity contribution in [3.05, 3.63) is 46.4 Å². The van der Waals surface area contributed by atoms with E-state index in [0.29, 0.717) is 10.8 Å². The van der Waals surface area contributed by atoms with Crippen molar-refractivity contribution >= 4 is 17.2 Å². The van der Waals surface area contributed by atoms with Gasteiger partial charge in [0.25, 0.3) is 0 Å². The zero-order valence-corrected chi connectivity index (χ0v) is 11.7. The Labute approximate surface area is 116 Å². The molecule has 1 heterocycles. The zero-order valence-electron chi connectivity index (χ0n) is 10.9. The summed E-state index contributed by atoms with van der Waals surface area (Å²) in [6, 6.07) is 7.45. The maximum absolute atomic E-state index is 11.8. The summed E-state index contributed by atoms with van der Waals surface area (Å²) in [6.45, 7) is 3.89. The van der Waals surface area contributed by atoms with Gasteiger partial charge in [-0.05, 0) is 19.9 Å². The molecule has 4 nitrogen and oxygen atoms in total. The van der Waals surface area contributed by atoms with Gasteiger partial charge < -0.3 is 10.5 Å². The smallest absolute Gasteiger partial charge is 0.232 e. The number of para-hydroxylation sites is 1. The molecular weight excluding hydrogens is 260 g/mol. The number of aromatic nitrogens is 1. The van der Waals surface area contributed by atoms with E-state index in [0.717, 1.165) is 5.56 Å². The van der Waals surface area contributed by atoms with Gasteiger partial charge in [0.05, 0.1) is 6.10 Å². The van der Waals surface area contributed by atoms with Gasteiger partial charge in [-0.3, -0.25) is 4.79 Å². The fourth-order valence-corrected chi connectivity index (χ4v) is 2.63. The number of carbonyl (C=O) groups excluding carboxylic acids is 1. The van der Waals surface area contributed by atoms with Crippen molar-refractivity contribution in [3.63, 3.8) is 0 Å². The van der Waals surface area contributed by atoms with Crippen LogP contribution < -0.4 is 10.5 Å². The van der Waals surface area contributed by atoms with E-state index >= 15 is 0 Å². The first-order valence-corrected chi connectivity index (χ1v) is 6.92. The van der Waals surface area contributed by atoms with Gasteiger partial charge in [0.15, 0.2) is 0 Å². The third-order valence-corrected chi connectivity index (χ3v) is 3.42. The van der Waals surface area contributed by atoms with Crippen LogP contribution in [0.4, 0.5) is 0 Å². The molecule has 100 valence electrons.